The van der Waals surface area contributed by atoms with Crippen molar-refractivity contribution in [1.82, 2.24) is 10.6 Å². The van der Waals surface area contributed by atoms with E-state index < -0.39 is 4.92 Å². The number of nitrogens with one attached hydrogen (secondary N) is 2. The van der Waals surface area contributed by atoms with Gasteiger partial charge in [0.05, 0.1) is 17.2 Å². The minimum atomic E-state index is -0.520. The van der Waals surface area contributed by atoms with Crippen molar-refractivity contribution in [2.75, 3.05) is 6.54 Å². The van der Waals surface area contributed by atoms with E-state index in [1.807, 2.05) is 0 Å². The normalized spacial score (nSPS) is 18.7. The molecule has 8 nitrogen and oxygen atoms in total. The predicted octanol–water partition coefficient (Wildman–Crippen LogP) is 0.757. The summed E-state index contributed by atoms with van der Waals surface area (Å²) in [4.78, 5) is 21.3. The first-order valence-electron chi connectivity index (χ1n) is 5.12. The molecule has 1 aromatic carbocycles. The Labute approximate surface area is 101 Å². The zero-order valence-corrected chi connectivity index (χ0v) is 9.16. The van der Waals surface area contributed by atoms with Gasteiger partial charge in [0.2, 0.25) is 0 Å². The maximum atomic E-state index is 11.1. The first-order chi connectivity index (χ1) is 8.61. The standard InChI is InChI=1S/C10H10N4O4/c15-10-11-5-9(13-10)8-3-7(14(17)18)2-1-6(8)4-12-16/h1-4,9,16H,5H2,(H2,11,13,15). The van der Waals surface area contributed by atoms with Crippen LogP contribution in [0, 0.1) is 10.1 Å². The Morgan fingerprint density at radius 1 is 1.56 bits per heavy atom. The number of amides is 2. The number of nitro benzene ring substituents is 1. The Morgan fingerprint density at radius 2 is 2.33 bits per heavy atom. The third kappa shape index (κ3) is 2.21. The van der Waals surface area contributed by atoms with Crippen LogP contribution in [-0.2, 0) is 0 Å². The highest BCUT2D eigenvalue weighted by Gasteiger charge is 2.25. The lowest BCUT2D eigenvalue weighted by molar-refractivity contribution is -0.384. The van der Waals surface area contributed by atoms with E-state index in [1.54, 1.807) is 0 Å². The number of carbonyl (C=O) groups is 1. The van der Waals surface area contributed by atoms with Crippen LogP contribution in [0.25, 0.3) is 0 Å². The SMILES string of the molecule is O=C1NCC(c2cc([N+](=O)[O-])ccc2C=NO)N1. The zero-order chi connectivity index (χ0) is 13.1. The minimum absolute atomic E-state index is 0.0822. The van der Waals surface area contributed by atoms with Gasteiger partial charge in [0.15, 0.2) is 0 Å². The summed E-state index contributed by atoms with van der Waals surface area (Å²) >= 11 is 0. The number of urea groups is 1. The van der Waals surface area contributed by atoms with Gasteiger partial charge in [0, 0.05) is 24.2 Å². The van der Waals surface area contributed by atoms with Gasteiger partial charge in [-0.15, -0.1) is 0 Å². The van der Waals surface area contributed by atoms with E-state index in [0.29, 0.717) is 17.7 Å². The molecule has 0 spiro atoms. The van der Waals surface area contributed by atoms with Crippen LogP contribution in [0.2, 0.25) is 0 Å². The number of hydrogen-bond donors (Lipinski definition) is 3. The summed E-state index contributed by atoms with van der Waals surface area (Å²) in [6.45, 7) is 0.326. The summed E-state index contributed by atoms with van der Waals surface area (Å²) in [6.07, 6.45) is 1.17. The smallest absolute Gasteiger partial charge is 0.315 e. The maximum Gasteiger partial charge on any atom is 0.315 e. The monoisotopic (exact) mass is 250 g/mol. The molecule has 0 aliphatic carbocycles. The lowest BCUT2D eigenvalue weighted by atomic mass is 10.0. The molecule has 1 atom stereocenters. The fraction of sp³-hybridized carbons (Fsp3) is 0.200. The zero-order valence-electron chi connectivity index (χ0n) is 9.16. The van der Waals surface area contributed by atoms with Crippen molar-refractivity contribution in [2.45, 2.75) is 6.04 Å². The summed E-state index contributed by atoms with van der Waals surface area (Å²) in [5.41, 5.74) is 0.957. The van der Waals surface area contributed by atoms with Crippen molar-refractivity contribution in [3.8, 4) is 0 Å². The largest absolute Gasteiger partial charge is 0.411 e. The molecule has 1 unspecified atom stereocenters. The van der Waals surface area contributed by atoms with Crippen LogP contribution in [0.1, 0.15) is 17.2 Å². The van der Waals surface area contributed by atoms with E-state index in [9.17, 15) is 14.9 Å². The molecule has 0 aromatic heterocycles. The summed E-state index contributed by atoms with van der Waals surface area (Å²) < 4.78 is 0. The Bertz CT molecular complexity index is 529. The molecule has 3 N–H and O–H groups in total. The van der Waals surface area contributed by atoms with Crippen LogP contribution in [0.5, 0.6) is 0 Å². The molecule has 18 heavy (non-hydrogen) atoms. The van der Waals surface area contributed by atoms with Gasteiger partial charge >= 0.3 is 6.03 Å². The van der Waals surface area contributed by atoms with E-state index in [0.717, 1.165) is 0 Å². The van der Waals surface area contributed by atoms with Gasteiger partial charge in [0.1, 0.15) is 0 Å². The van der Waals surface area contributed by atoms with E-state index in [2.05, 4.69) is 15.8 Å². The quantitative estimate of drug-likeness (QED) is 0.317. The molecular weight excluding hydrogens is 240 g/mol. The van der Waals surface area contributed by atoms with Gasteiger partial charge in [-0.2, -0.15) is 0 Å². The number of nitro groups is 1. The second-order valence-corrected chi connectivity index (χ2v) is 3.72. The number of hydrogen-bond acceptors (Lipinski definition) is 5. The van der Waals surface area contributed by atoms with Crippen molar-refractivity contribution in [2.24, 2.45) is 5.16 Å². The second-order valence-electron chi connectivity index (χ2n) is 3.72. The molecule has 0 radical (unpaired) electrons. The Balaban J connectivity index is 2.43. The van der Waals surface area contributed by atoms with Gasteiger partial charge in [-0.1, -0.05) is 5.16 Å². The van der Waals surface area contributed by atoms with Crippen molar-refractivity contribution in [3.05, 3.63) is 39.4 Å². The Kier molecular flexibility index (Phi) is 3.09. The molecule has 1 aliphatic rings. The highest BCUT2D eigenvalue weighted by Crippen LogP contribution is 2.24. The predicted molar refractivity (Wildman–Crippen MR) is 61.8 cm³/mol. The Hall–Kier alpha value is -2.64. The number of carbonyl (C=O) groups excluding carboxylic acids is 1. The van der Waals surface area contributed by atoms with E-state index in [4.69, 9.17) is 5.21 Å². The maximum absolute atomic E-state index is 11.1. The minimum Gasteiger partial charge on any atom is -0.411 e. The molecule has 1 heterocycles. The summed E-state index contributed by atoms with van der Waals surface area (Å²) in [7, 11) is 0. The highest BCUT2D eigenvalue weighted by molar-refractivity contribution is 5.84. The first-order valence-corrected chi connectivity index (χ1v) is 5.12. The van der Waals surface area contributed by atoms with Gasteiger partial charge in [-0.3, -0.25) is 10.1 Å². The molecular formula is C10H10N4O4. The van der Waals surface area contributed by atoms with Gasteiger partial charge in [-0.05, 0) is 11.6 Å². The topological polar surface area (TPSA) is 117 Å². The highest BCUT2D eigenvalue weighted by atomic mass is 16.6. The summed E-state index contributed by atoms with van der Waals surface area (Å²) in [5.74, 6) is 0. The van der Waals surface area contributed by atoms with Gasteiger partial charge in [0.25, 0.3) is 5.69 Å². The number of non-ortho nitro benzene ring substituents is 1. The van der Waals surface area contributed by atoms with Crippen LogP contribution in [0.3, 0.4) is 0 Å². The van der Waals surface area contributed by atoms with Crippen LogP contribution in [0.4, 0.5) is 10.5 Å². The molecule has 8 heteroatoms. The van der Waals surface area contributed by atoms with Gasteiger partial charge < -0.3 is 15.8 Å². The van der Waals surface area contributed by atoms with Crippen LogP contribution < -0.4 is 10.6 Å². The van der Waals surface area contributed by atoms with Crippen LogP contribution in [-0.4, -0.2) is 28.9 Å². The molecule has 1 fully saturated rings. The molecule has 1 aromatic rings. The average molecular weight is 250 g/mol. The molecule has 1 saturated heterocycles. The fourth-order valence-electron chi connectivity index (χ4n) is 1.80. The third-order valence-corrected chi connectivity index (χ3v) is 2.63. The van der Waals surface area contributed by atoms with Gasteiger partial charge in [-0.25, -0.2) is 4.79 Å². The number of nitrogens with zero attached hydrogens (tertiary/aromatic N) is 2. The summed E-state index contributed by atoms with van der Waals surface area (Å²) in [5, 5.41) is 27.4. The second kappa shape index (κ2) is 4.70. The molecule has 94 valence electrons. The lowest BCUT2D eigenvalue weighted by Crippen LogP contribution is -2.22. The number of rotatable bonds is 3. The fourth-order valence-corrected chi connectivity index (χ4v) is 1.80. The van der Waals surface area contributed by atoms with Crippen LogP contribution >= 0.6 is 0 Å². The molecule has 1 aliphatic heterocycles. The number of benzene rings is 1. The van der Waals surface area contributed by atoms with Crippen molar-refractivity contribution in [1.29, 1.82) is 0 Å². The van der Waals surface area contributed by atoms with E-state index >= 15 is 0 Å². The molecule has 2 rings (SSSR count). The molecule has 0 bridgehead atoms. The summed E-state index contributed by atoms with van der Waals surface area (Å²) in [6, 6.07) is 3.42. The van der Waals surface area contributed by atoms with Crippen molar-refractivity contribution in [3.63, 3.8) is 0 Å². The molecule has 2 amide bonds. The van der Waals surface area contributed by atoms with E-state index in [1.165, 1.54) is 24.4 Å². The lowest BCUT2D eigenvalue weighted by Gasteiger charge is -2.11. The number of oxime groups is 1. The van der Waals surface area contributed by atoms with Crippen LogP contribution in [0.15, 0.2) is 23.4 Å². The third-order valence-electron chi connectivity index (χ3n) is 2.63. The van der Waals surface area contributed by atoms with Crippen molar-refractivity contribution >= 4 is 17.9 Å². The van der Waals surface area contributed by atoms with Crippen molar-refractivity contribution < 1.29 is 14.9 Å². The Morgan fingerprint density at radius 3 is 2.89 bits per heavy atom. The van der Waals surface area contributed by atoms with E-state index in [-0.39, 0.29) is 17.8 Å². The average Bonchev–Trinajstić information content (AvgIpc) is 2.76. The molecule has 0 saturated carbocycles. The first kappa shape index (κ1) is 11.8.